The molecule has 2 aromatic rings. The van der Waals surface area contributed by atoms with E-state index in [1.807, 2.05) is 0 Å². The molecule has 1 saturated heterocycles. The monoisotopic (exact) mass is 501 g/mol. The molecular formula is C10H15N5O7W. The van der Waals surface area contributed by atoms with Gasteiger partial charge in [-0.2, -0.15) is 0 Å². The Morgan fingerprint density at radius 1 is 1.26 bits per heavy atom. The molecule has 0 bridgehead atoms. The van der Waals surface area contributed by atoms with Gasteiger partial charge < -0.3 is 25.8 Å². The number of hydrogen-bond donors (Lipinski definition) is 6. The van der Waals surface area contributed by atoms with Crippen molar-refractivity contribution in [1.82, 2.24) is 19.5 Å². The Balaban J connectivity index is 0.000000433. The molecule has 3 rings (SSSR count). The van der Waals surface area contributed by atoms with Crippen molar-refractivity contribution in [2.24, 2.45) is 0 Å². The maximum absolute atomic E-state index is 9.95. The van der Waals surface area contributed by atoms with E-state index in [0.29, 0.717) is 11.2 Å². The fourth-order valence-corrected chi connectivity index (χ4v) is 2.17. The van der Waals surface area contributed by atoms with Crippen LogP contribution in [0.3, 0.4) is 0 Å². The fourth-order valence-electron chi connectivity index (χ4n) is 2.17. The van der Waals surface area contributed by atoms with Crippen molar-refractivity contribution in [2.75, 3.05) is 12.3 Å². The molecule has 0 aliphatic carbocycles. The molecule has 0 saturated carbocycles. The SMILES string of the molecule is Nc1ncnc2c1ncn2[C@@H]1O[C@@H](CO)[C@H](O)[C@H]1O.[O]=[W]([OH])[OH]. The van der Waals surface area contributed by atoms with Crippen molar-refractivity contribution in [3.63, 3.8) is 0 Å². The van der Waals surface area contributed by atoms with Crippen LogP contribution in [-0.2, 0) is 26.2 Å². The van der Waals surface area contributed by atoms with Crippen molar-refractivity contribution in [3.05, 3.63) is 12.7 Å². The second kappa shape index (κ2) is 7.45. The van der Waals surface area contributed by atoms with Crippen LogP contribution in [0.2, 0.25) is 0 Å². The fraction of sp³-hybridized carbons (Fsp3) is 0.500. The molecule has 4 atom stereocenters. The third kappa shape index (κ3) is 3.75. The number of rotatable bonds is 2. The number of ether oxygens (including phenoxy) is 1. The van der Waals surface area contributed by atoms with E-state index in [1.54, 1.807) is 0 Å². The summed E-state index contributed by atoms with van der Waals surface area (Å²) in [7, 11) is 0. The van der Waals surface area contributed by atoms with Crippen molar-refractivity contribution in [3.8, 4) is 0 Å². The third-order valence-electron chi connectivity index (χ3n) is 3.18. The Kier molecular flexibility index (Phi) is 5.81. The zero-order valence-corrected chi connectivity index (χ0v) is 14.4. The maximum atomic E-state index is 9.95. The molecule has 128 valence electrons. The summed E-state index contributed by atoms with van der Waals surface area (Å²) in [5, 5.41) is 28.7. The molecule has 0 amide bonds. The topological polar surface area (TPSA) is 197 Å². The van der Waals surface area contributed by atoms with Crippen LogP contribution in [0, 0.1) is 0 Å². The van der Waals surface area contributed by atoms with Crippen molar-refractivity contribution in [2.45, 2.75) is 24.5 Å². The molecule has 3 heterocycles. The van der Waals surface area contributed by atoms with Crippen LogP contribution in [0.15, 0.2) is 12.7 Å². The number of hydrogen-bond acceptors (Lipinski definition) is 9. The molecule has 0 unspecified atom stereocenters. The summed E-state index contributed by atoms with van der Waals surface area (Å²) >= 11 is -3.78. The van der Waals surface area contributed by atoms with Crippen LogP contribution in [0.5, 0.6) is 0 Å². The molecule has 7 N–H and O–H groups in total. The summed E-state index contributed by atoms with van der Waals surface area (Å²) in [6.07, 6.45) is -1.42. The molecule has 0 aromatic carbocycles. The van der Waals surface area contributed by atoms with Gasteiger partial charge in [-0.1, -0.05) is 0 Å². The van der Waals surface area contributed by atoms with Crippen LogP contribution in [-0.4, -0.2) is 67.3 Å². The van der Waals surface area contributed by atoms with Gasteiger partial charge in [-0.15, -0.1) is 0 Å². The van der Waals surface area contributed by atoms with E-state index < -0.39 is 49.2 Å². The average molecular weight is 501 g/mol. The van der Waals surface area contributed by atoms with E-state index in [0.717, 1.165) is 0 Å². The molecule has 1 aliphatic heterocycles. The number of nitrogens with zero attached hydrogens (tertiary/aromatic N) is 4. The van der Waals surface area contributed by atoms with E-state index in [2.05, 4.69) is 15.0 Å². The molecule has 23 heavy (non-hydrogen) atoms. The van der Waals surface area contributed by atoms with E-state index in [9.17, 15) is 10.2 Å². The molecule has 13 heteroatoms. The van der Waals surface area contributed by atoms with Crippen LogP contribution in [0.25, 0.3) is 11.2 Å². The predicted molar refractivity (Wildman–Crippen MR) is 67.9 cm³/mol. The number of fused-ring (bicyclic) bond motifs is 1. The molecule has 12 nitrogen and oxygen atoms in total. The van der Waals surface area contributed by atoms with E-state index in [1.165, 1.54) is 17.2 Å². The Hall–Kier alpha value is -1.40. The Morgan fingerprint density at radius 2 is 1.91 bits per heavy atom. The third-order valence-corrected chi connectivity index (χ3v) is 3.18. The number of nitrogen functional groups attached to an aromatic ring is 1. The first kappa shape index (κ1) is 17.9. The molecule has 1 fully saturated rings. The van der Waals surface area contributed by atoms with Gasteiger partial charge in [-0.05, 0) is 0 Å². The standard InChI is InChI=1S/C10H13N5O4.2H2O.O.W/c11-8-5-9(13-2-12-8)15(3-14-5)10-7(18)6(17)4(1-16)19-10;;;;/h2-4,6-7,10,16-18H,1H2,(H2,11,12,13);2*1H2;;/q;;;;+2/p-2/t4-,6-,7+,10+;;;;/m0..../s1. The number of anilines is 1. The van der Waals surface area contributed by atoms with Gasteiger partial charge in [0.2, 0.25) is 0 Å². The zero-order valence-electron chi connectivity index (χ0n) is 11.5. The quantitative estimate of drug-likeness (QED) is 0.242. The minimum absolute atomic E-state index is 0.218. The zero-order chi connectivity index (χ0) is 17.1. The molecule has 2 aromatic heterocycles. The summed E-state index contributed by atoms with van der Waals surface area (Å²) < 4.78 is 30.2. The van der Waals surface area contributed by atoms with Crippen LogP contribution in [0.4, 0.5) is 5.82 Å². The van der Waals surface area contributed by atoms with Gasteiger partial charge in [0, 0.05) is 0 Å². The Labute approximate surface area is 135 Å². The Morgan fingerprint density at radius 3 is 2.48 bits per heavy atom. The summed E-state index contributed by atoms with van der Waals surface area (Å²) in [6, 6.07) is 0. The molecule has 0 radical (unpaired) electrons. The summed E-state index contributed by atoms with van der Waals surface area (Å²) in [6.45, 7) is -0.390. The van der Waals surface area contributed by atoms with E-state index >= 15 is 0 Å². The van der Waals surface area contributed by atoms with Gasteiger partial charge in [0.15, 0.2) is 17.7 Å². The van der Waals surface area contributed by atoms with E-state index in [-0.39, 0.29) is 5.82 Å². The van der Waals surface area contributed by atoms with Crippen LogP contribution < -0.4 is 5.73 Å². The number of aromatic nitrogens is 4. The normalized spacial score (nSPS) is 27.2. The van der Waals surface area contributed by atoms with Gasteiger partial charge in [-0.25, -0.2) is 15.0 Å². The number of aliphatic hydroxyl groups is 3. The van der Waals surface area contributed by atoms with Gasteiger partial charge in [0.05, 0.1) is 12.9 Å². The second-order valence-electron chi connectivity index (χ2n) is 4.54. The first-order chi connectivity index (χ1) is 10.9. The van der Waals surface area contributed by atoms with Crippen molar-refractivity contribution in [1.29, 1.82) is 0 Å². The van der Waals surface area contributed by atoms with Crippen molar-refractivity contribution >= 4 is 17.0 Å². The summed E-state index contributed by atoms with van der Waals surface area (Å²) in [5.74, 6) is 0.218. The second-order valence-corrected chi connectivity index (χ2v) is 6.20. The van der Waals surface area contributed by atoms with Crippen LogP contribution in [0.1, 0.15) is 6.23 Å². The minimum atomic E-state index is -3.78. The van der Waals surface area contributed by atoms with Gasteiger partial charge in [0.1, 0.15) is 30.2 Å². The van der Waals surface area contributed by atoms with Gasteiger partial charge >= 0.3 is 29.0 Å². The average Bonchev–Trinajstić information content (AvgIpc) is 3.02. The van der Waals surface area contributed by atoms with Gasteiger partial charge in [-0.3, -0.25) is 4.57 Å². The summed E-state index contributed by atoms with van der Waals surface area (Å²) in [5.41, 5.74) is 6.44. The van der Waals surface area contributed by atoms with Gasteiger partial charge in [0.25, 0.3) is 0 Å². The number of aliphatic hydroxyl groups excluding tert-OH is 3. The predicted octanol–water partition coefficient (Wildman–Crippen LogP) is -3.22. The number of imidazole rings is 1. The molecular weight excluding hydrogens is 486 g/mol. The number of nitrogens with two attached hydrogens (primary N) is 1. The Bertz CT molecular complexity index is 693. The van der Waals surface area contributed by atoms with Crippen molar-refractivity contribution < 1.29 is 49.0 Å². The van der Waals surface area contributed by atoms with Crippen LogP contribution >= 0.6 is 0 Å². The summed E-state index contributed by atoms with van der Waals surface area (Å²) in [4.78, 5) is 11.9. The first-order valence-corrected chi connectivity index (χ1v) is 10.0. The first-order valence-electron chi connectivity index (χ1n) is 6.22. The molecule has 1 aliphatic rings. The van der Waals surface area contributed by atoms with E-state index in [4.69, 9.17) is 26.5 Å². The molecule has 0 spiro atoms.